The summed E-state index contributed by atoms with van der Waals surface area (Å²) >= 11 is 0. The van der Waals surface area contributed by atoms with Crippen LogP contribution in [0.2, 0.25) is 0 Å². The van der Waals surface area contributed by atoms with Gasteiger partial charge in [0.1, 0.15) is 11.6 Å². The Balaban J connectivity index is 1.46. The first-order valence-corrected chi connectivity index (χ1v) is 10.2. The molecule has 6 nitrogen and oxygen atoms in total. The summed E-state index contributed by atoms with van der Waals surface area (Å²) in [5.74, 6) is 1.40. The molecular formula is C24H23N3O3. The first kappa shape index (κ1) is 18.6. The summed E-state index contributed by atoms with van der Waals surface area (Å²) < 4.78 is 5.60. The third kappa shape index (κ3) is 3.09. The van der Waals surface area contributed by atoms with E-state index in [4.69, 9.17) is 4.74 Å². The molecule has 6 heteroatoms. The van der Waals surface area contributed by atoms with Crippen molar-refractivity contribution < 1.29 is 9.53 Å². The van der Waals surface area contributed by atoms with Crippen molar-refractivity contribution in [3.05, 3.63) is 75.2 Å². The first-order chi connectivity index (χ1) is 14.5. The van der Waals surface area contributed by atoms with Gasteiger partial charge in [-0.15, -0.1) is 0 Å². The maximum atomic E-state index is 13.3. The van der Waals surface area contributed by atoms with Crippen LogP contribution in [0, 0.1) is 13.8 Å². The third-order valence-electron chi connectivity index (χ3n) is 6.25. The van der Waals surface area contributed by atoms with E-state index in [0.29, 0.717) is 18.1 Å². The number of carbonyl (C=O) groups is 1. The highest BCUT2D eigenvalue weighted by Gasteiger charge is 2.51. The number of H-pyrrole nitrogens is 1. The molecule has 1 aliphatic carbocycles. The molecule has 3 heterocycles. The number of nitrogens with zero attached hydrogens (tertiary/aromatic N) is 1. The van der Waals surface area contributed by atoms with Crippen molar-refractivity contribution in [2.45, 2.75) is 38.5 Å². The van der Waals surface area contributed by atoms with Gasteiger partial charge < -0.3 is 15.0 Å². The Morgan fingerprint density at radius 1 is 1.17 bits per heavy atom. The smallest absolute Gasteiger partial charge is 0.248 e. The summed E-state index contributed by atoms with van der Waals surface area (Å²) in [5, 5.41) is 3.04. The van der Waals surface area contributed by atoms with Crippen LogP contribution < -0.4 is 15.6 Å². The van der Waals surface area contributed by atoms with Crippen LogP contribution in [-0.4, -0.2) is 22.5 Å². The summed E-state index contributed by atoms with van der Waals surface area (Å²) in [6.07, 6.45) is 4.14. The maximum Gasteiger partial charge on any atom is 0.248 e. The van der Waals surface area contributed by atoms with E-state index in [1.54, 1.807) is 6.20 Å². The Bertz CT molecular complexity index is 1220. The summed E-state index contributed by atoms with van der Waals surface area (Å²) in [6, 6.07) is 11.3. The van der Waals surface area contributed by atoms with Crippen LogP contribution >= 0.6 is 0 Å². The number of amides is 1. The van der Waals surface area contributed by atoms with E-state index in [9.17, 15) is 9.59 Å². The number of aromatic nitrogens is 2. The summed E-state index contributed by atoms with van der Waals surface area (Å²) in [6.45, 7) is 4.66. The number of aryl methyl sites for hydroxylation is 1. The number of fused-ring (bicyclic) bond motifs is 1. The lowest BCUT2D eigenvalue weighted by Gasteiger charge is -2.18. The molecule has 5 rings (SSSR count). The Hall–Kier alpha value is -3.41. The fraction of sp³-hybridized carbons (Fsp3) is 0.292. The highest BCUT2D eigenvalue weighted by molar-refractivity contribution is 6.01. The van der Waals surface area contributed by atoms with Gasteiger partial charge in [-0.2, -0.15) is 0 Å². The van der Waals surface area contributed by atoms with Crippen LogP contribution in [0.25, 0.3) is 11.3 Å². The van der Waals surface area contributed by atoms with Crippen molar-refractivity contribution >= 4 is 11.7 Å². The number of nitrogens with one attached hydrogen (secondary N) is 2. The highest BCUT2D eigenvalue weighted by atomic mass is 16.5. The number of pyridine rings is 2. The molecular weight excluding hydrogens is 378 g/mol. The zero-order chi connectivity index (χ0) is 20.9. The van der Waals surface area contributed by atoms with Gasteiger partial charge in [-0.25, -0.2) is 4.98 Å². The van der Waals surface area contributed by atoms with E-state index < -0.39 is 5.41 Å². The maximum absolute atomic E-state index is 13.3. The predicted molar refractivity (Wildman–Crippen MR) is 115 cm³/mol. The van der Waals surface area contributed by atoms with Gasteiger partial charge in [0.25, 0.3) is 0 Å². The molecule has 0 bridgehead atoms. The zero-order valence-corrected chi connectivity index (χ0v) is 17.0. The average Bonchev–Trinajstić information content (AvgIpc) is 3.41. The SMILES string of the molecule is Cc1cc(NC(=O)C2(c3ccc4c(c3)CCO4)CC2)nc(-c2cc[nH]c(=O)c2)c1C. The molecule has 1 saturated carbocycles. The molecule has 0 unspecified atom stereocenters. The lowest BCUT2D eigenvalue weighted by molar-refractivity contribution is -0.118. The minimum atomic E-state index is -0.498. The third-order valence-corrected chi connectivity index (χ3v) is 6.25. The molecule has 3 aromatic rings. The van der Waals surface area contributed by atoms with E-state index >= 15 is 0 Å². The lowest BCUT2D eigenvalue weighted by atomic mass is 9.92. The Kier molecular flexibility index (Phi) is 4.24. The van der Waals surface area contributed by atoms with Gasteiger partial charge in [0.05, 0.1) is 17.7 Å². The molecule has 1 fully saturated rings. The van der Waals surface area contributed by atoms with Gasteiger partial charge in [0, 0.05) is 24.2 Å². The second-order valence-electron chi connectivity index (χ2n) is 8.20. The molecule has 2 N–H and O–H groups in total. The molecule has 0 atom stereocenters. The normalized spacial score (nSPS) is 15.9. The second-order valence-corrected chi connectivity index (χ2v) is 8.20. The van der Waals surface area contributed by atoms with E-state index in [1.165, 1.54) is 11.6 Å². The number of rotatable bonds is 4. The van der Waals surface area contributed by atoms with Crippen LogP contribution in [0.5, 0.6) is 5.75 Å². The van der Waals surface area contributed by atoms with E-state index in [-0.39, 0.29) is 11.5 Å². The molecule has 1 amide bonds. The van der Waals surface area contributed by atoms with E-state index in [2.05, 4.69) is 21.4 Å². The second kappa shape index (κ2) is 6.83. The largest absolute Gasteiger partial charge is 0.493 e. The molecule has 2 aliphatic rings. The van der Waals surface area contributed by atoms with Gasteiger partial charge in [-0.05, 0) is 67.1 Å². The van der Waals surface area contributed by atoms with E-state index in [1.807, 2.05) is 38.1 Å². The van der Waals surface area contributed by atoms with E-state index in [0.717, 1.165) is 47.3 Å². The molecule has 1 aromatic carbocycles. The highest BCUT2D eigenvalue weighted by Crippen LogP contribution is 2.50. The summed E-state index contributed by atoms with van der Waals surface area (Å²) in [7, 11) is 0. The predicted octanol–water partition coefficient (Wildman–Crippen LogP) is 3.66. The topological polar surface area (TPSA) is 84.1 Å². The minimum absolute atomic E-state index is 0.0334. The molecule has 152 valence electrons. The Labute approximate surface area is 174 Å². The zero-order valence-electron chi connectivity index (χ0n) is 17.0. The van der Waals surface area contributed by atoms with Crippen LogP contribution in [0.15, 0.2) is 47.4 Å². The number of ether oxygens (including phenoxy) is 1. The van der Waals surface area contributed by atoms with Crippen molar-refractivity contribution in [2.75, 3.05) is 11.9 Å². The van der Waals surface area contributed by atoms with Gasteiger partial charge in [-0.3, -0.25) is 9.59 Å². The summed E-state index contributed by atoms with van der Waals surface area (Å²) in [5.41, 5.74) is 4.97. The fourth-order valence-electron chi connectivity index (χ4n) is 4.17. The number of carbonyl (C=O) groups excluding carboxylic acids is 1. The number of benzene rings is 1. The van der Waals surface area contributed by atoms with Crippen molar-refractivity contribution in [3.63, 3.8) is 0 Å². The molecule has 0 radical (unpaired) electrons. The van der Waals surface area contributed by atoms with Crippen molar-refractivity contribution in [1.82, 2.24) is 9.97 Å². The minimum Gasteiger partial charge on any atom is -0.493 e. The molecule has 0 spiro atoms. The van der Waals surface area contributed by atoms with Crippen LogP contribution in [0.1, 0.15) is 35.1 Å². The monoisotopic (exact) mass is 401 g/mol. The average molecular weight is 401 g/mol. The fourth-order valence-corrected chi connectivity index (χ4v) is 4.17. The molecule has 0 saturated heterocycles. The van der Waals surface area contributed by atoms with Gasteiger partial charge >= 0.3 is 0 Å². The molecule has 30 heavy (non-hydrogen) atoms. The number of aromatic amines is 1. The molecule has 1 aliphatic heterocycles. The lowest BCUT2D eigenvalue weighted by Crippen LogP contribution is -2.28. The Morgan fingerprint density at radius 2 is 2.00 bits per heavy atom. The van der Waals surface area contributed by atoms with Gasteiger partial charge in [-0.1, -0.05) is 12.1 Å². The standard InChI is InChI=1S/C24H23N3O3/c1-14-11-20(26-22(15(14)2)17-5-9-25-21(28)13-17)27-23(29)24(7-8-24)18-3-4-19-16(12-18)6-10-30-19/h3-5,9,11-13H,6-8,10H2,1-2H3,(H,25,28)(H,26,27,29). The van der Waals surface area contributed by atoms with Crippen molar-refractivity contribution in [2.24, 2.45) is 0 Å². The summed E-state index contributed by atoms with van der Waals surface area (Å²) in [4.78, 5) is 32.3. The van der Waals surface area contributed by atoms with Crippen molar-refractivity contribution in [3.8, 4) is 17.0 Å². The Morgan fingerprint density at radius 3 is 2.77 bits per heavy atom. The van der Waals surface area contributed by atoms with Gasteiger partial charge in [0.15, 0.2) is 0 Å². The quantitative estimate of drug-likeness (QED) is 0.699. The number of hydrogen-bond donors (Lipinski definition) is 2. The first-order valence-electron chi connectivity index (χ1n) is 10.2. The van der Waals surface area contributed by atoms with Gasteiger partial charge in [0.2, 0.25) is 11.5 Å². The number of hydrogen-bond acceptors (Lipinski definition) is 4. The van der Waals surface area contributed by atoms with Crippen molar-refractivity contribution in [1.29, 1.82) is 0 Å². The van der Waals surface area contributed by atoms with Crippen LogP contribution in [0.4, 0.5) is 5.82 Å². The van der Waals surface area contributed by atoms with Crippen LogP contribution in [-0.2, 0) is 16.6 Å². The van der Waals surface area contributed by atoms with Crippen LogP contribution in [0.3, 0.4) is 0 Å². The number of anilines is 1. The molecule has 2 aromatic heterocycles.